The van der Waals surface area contributed by atoms with Crippen molar-refractivity contribution in [1.29, 1.82) is 0 Å². The molecule has 0 spiro atoms. The Kier molecular flexibility index (Phi) is 5.75. The van der Waals surface area contributed by atoms with E-state index in [1.54, 1.807) is 0 Å². The normalized spacial score (nSPS) is 23.5. The summed E-state index contributed by atoms with van der Waals surface area (Å²) in [5.41, 5.74) is 1.40. The number of rotatable bonds is 4. The van der Waals surface area contributed by atoms with Crippen molar-refractivity contribution in [3.05, 3.63) is 34.9 Å². The van der Waals surface area contributed by atoms with E-state index in [1.165, 1.54) is 44.6 Å². The number of ether oxygens (including phenoxy) is 1. The molecule has 1 atom stereocenters. The first-order valence-corrected chi connectivity index (χ1v) is 8.84. The molecular formula is C18H27ClN2O. The molecule has 1 aromatic carbocycles. The van der Waals surface area contributed by atoms with Gasteiger partial charge in [0.05, 0.1) is 0 Å². The fourth-order valence-corrected chi connectivity index (χ4v) is 3.89. The number of nitrogens with zero attached hydrogens (tertiary/aromatic N) is 2. The lowest BCUT2D eigenvalue weighted by molar-refractivity contribution is 0.0486. The van der Waals surface area contributed by atoms with E-state index in [9.17, 15) is 0 Å². The Balaban J connectivity index is 1.73. The topological polar surface area (TPSA) is 15.7 Å². The van der Waals surface area contributed by atoms with Crippen LogP contribution in [0.2, 0.25) is 5.02 Å². The van der Waals surface area contributed by atoms with E-state index in [2.05, 4.69) is 35.0 Å². The SMILES string of the molecule is CN1CCN(CC(c2cccc(Cl)c2)C2CCOCC2)CC1. The zero-order valence-corrected chi connectivity index (χ0v) is 14.3. The summed E-state index contributed by atoms with van der Waals surface area (Å²) in [6.07, 6.45) is 2.34. The standard InChI is InChI=1S/C18H27ClN2O/c1-20-7-9-21(10-8-20)14-18(15-5-11-22-12-6-15)16-3-2-4-17(19)13-16/h2-4,13,15,18H,5-12,14H2,1H3. The fraction of sp³-hybridized carbons (Fsp3) is 0.667. The molecule has 1 aromatic rings. The van der Waals surface area contributed by atoms with Crippen LogP contribution in [-0.2, 0) is 4.74 Å². The monoisotopic (exact) mass is 322 g/mol. The Morgan fingerprint density at radius 2 is 1.91 bits per heavy atom. The summed E-state index contributed by atoms with van der Waals surface area (Å²) in [5.74, 6) is 1.29. The zero-order valence-electron chi connectivity index (χ0n) is 13.5. The molecule has 0 N–H and O–H groups in total. The molecule has 2 heterocycles. The lowest BCUT2D eigenvalue weighted by Crippen LogP contribution is -2.46. The van der Waals surface area contributed by atoms with Gasteiger partial charge in [-0.3, -0.25) is 0 Å². The molecular weight excluding hydrogens is 296 g/mol. The van der Waals surface area contributed by atoms with Gasteiger partial charge in [0.2, 0.25) is 0 Å². The molecule has 2 fully saturated rings. The molecule has 0 radical (unpaired) electrons. The van der Waals surface area contributed by atoms with Gasteiger partial charge in [-0.25, -0.2) is 0 Å². The van der Waals surface area contributed by atoms with E-state index >= 15 is 0 Å². The summed E-state index contributed by atoms with van der Waals surface area (Å²) < 4.78 is 5.57. The Morgan fingerprint density at radius 3 is 2.59 bits per heavy atom. The summed E-state index contributed by atoms with van der Waals surface area (Å²) in [6, 6.07) is 8.48. The predicted molar refractivity (Wildman–Crippen MR) is 91.7 cm³/mol. The highest BCUT2D eigenvalue weighted by molar-refractivity contribution is 6.30. The lowest BCUT2D eigenvalue weighted by Gasteiger charge is -2.38. The first kappa shape index (κ1) is 16.3. The van der Waals surface area contributed by atoms with Crippen LogP contribution in [0.1, 0.15) is 24.3 Å². The van der Waals surface area contributed by atoms with Gasteiger partial charge in [-0.15, -0.1) is 0 Å². The number of hydrogen-bond donors (Lipinski definition) is 0. The molecule has 2 aliphatic heterocycles. The molecule has 2 aliphatic rings. The van der Waals surface area contributed by atoms with Gasteiger partial charge < -0.3 is 14.5 Å². The van der Waals surface area contributed by atoms with Crippen molar-refractivity contribution in [3.63, 3.8) is 0 Å². The second kappa shape index (κ2) is 7.78. The predicted octanol–water partition coefficient (Wildman–Crippen LogP) is 3.10. The average molecular weight is 323 g/mol. The summed E-state index contributed by atoms with van der Waals surface area (Å²) in [7, 11) is 2.21. The van der Waals surface area contributed by atoms with Crippen LogP contribution < -0.4 is 0 Å². The van der Waals surface area contributed by atoms with Gasteiger partial charge in [0.1, 0.15) is 0 Å². The maximum absolute atomic E-state index is 6.24. The molecule has 0 saturated carbocycles. The zero-order chi connectivity index (χ0) is 15.4. The van der Waals surface area contributed by atoms with Crippen LogP contribution in [0.15, 0.2) is 24.3 Å². The maximum atomic E-state index is 6.24. The molecule has 1 unspecified atom stereocenters. The van der Waals surface area contributed by atoms with E-state index in [1.807, 2.05) is 6.07 Å². The van der Waals surface area contributed by atoms with Crippen molar-refractivity contribution in [3.8, 4) is 0 Å². The first-order valence-electron chi connectivity index (χ1n) is 8.46. The largest absolute Gasteiger partial charge is 0.381 e. The van der Waals surface area contributed by atoms with Gasteiger partial charge in [0, 0.05) is 51.0 Å². The summed E-state index contributed by atoms with van der Waals surface area (Å²) >= 11 is 6.24. The summed E-state index contributed by atoms with van der Waals surface area (Å²) in [5, 5.41) is 0.855. The first-order chi connectivity index (χ1) is 10.7. The van der Waals surface area contributed by atoms with Gasteiger partial charge in [-0.05, 0) is 49.4 Å². The molecule has 0 bridgehead atoms. The van der Waals surface area contributed by atoms with Crippen LogP contribution >= 0.6 is 11.6 Å². The fourth-order valence-electron chi connectivity index (χ4n) is 3.69. The minimum absolute atomic E-state index is 0.575. The number of hydrogen-bond acceptors (Lipinski definition) is 3. The number of halogens is 1. The van der Waals surface area contributed by atoms with E-state index in [0.717, 1.165) is 24.8 Å². The second-order valence-electron chi connectivity index (χ2n) is 6.72. The van der Waals surface area contributed by atoms with Crippen molar-refractivity contribution in [2.24, 2.45) is 5.92 Å². The summed E-state index contributed by atoms with van der Waals surface area (Å²) in [4.78, 5) is 5.04. The van der Waals surface area contributed by atoms with Gasteiger partial charge in [0.25, 0.3) is 0 Å². The molecule has 3 nitrogen and oxygen atoms in total. The van der Waals surface area contributed by atoms with Crippen LogP contribution in [0.25, 0.3) is 0 Å². The average Bonchev–Trinajstić information content (AvgIpc) is 2.55. The molecule has 2 saturated heterocycles. The van der Waals surface area contributed by atoms with Gasteiger partial charge in [-0.2, -0.15) is 0 Å². The number of likely N-dealkylation sites (N-methyl/N-ethyl adjacent to an activating group) is 1. The Hall–Kier alpha value is -0.610. The molecule has 4 heteroatoms. The Bertz CT molecular complexity index is 468. The van der Waals surface area contributed by atoms with Crippen molar-refractivity contribution < 1.29 is 4.74 Å². The van der Waals surface area contributed by atoms with E-state index < -0.39 is 0 Å². The van der Waals surface area contributed by atoms with Crippen LogP contribution in [0.5, 0.6) is 0 Å². The highest BCUT2D eigenvalue weighted by atomic mass is 35.5. The third kappa shape index (κ3) is 4.23. The Labute approximate surface area is 139 Å². The van der Waals surface area contributed by atoms with Crippen LogP contribution in [-0.4, -0.2) is 62.8 Å². The highest BCUT2D eigenvalue weighted by Crippen LogP contribution is 2.34. The second-order valence-corrected chi connectivity index (χ2v) is 7.15. The van der Waals surface area contributed by atoms with Gasteiger partial charge >= 0.3 is 0 Å². The van der Waals surface area contributed by atoms with Crippen molar-refractivity contribution in [1.82, 2.24) is 9.80 Å². The number of benzene rings is 1. The smallest absolute Gasteiger partial charge is 0.0468 e. The molecule has 122 valence electrons. The minimum atomic E-state index is 0.575. The number of piperazine rings is 1. The van der Waals surface area contributed by atoms with Crippen molar-refractivity contribution in [2.75, 3.05) is 53.0 Å². The molecule has 0 aromatic heterocycles. The highest BCUT2D eigenvalue weighted by Gasteiger charge is 2.28. The van der Waals surface area contributed by atoms with Crippen LogP contribution in [0, 0.1) is 5.92 Å². The molecule has 3 rings (SSSR count). The lowest BCUT2D eigenvalue weighted by atomic mass is 9.81. The molecule has 0 aliphatic carbocycles. The molecule has 22 heavy (non-hydrogen) atoms. The minimum Gasteiger partial charge on any atom is -0.381 e. The third-order valence-corrected chi connectivity index (χ3v) is 5.40. The van der Waals surface area contributed by atoms with E-state index in [0.29, 0.717) is 11.8 Å². The van der Waals surface area contributed by atoms with Crippen molar-refractivity contribution in [2.45, 2.75) is 18.8 Å². The van der Waals surface area contributed by atoms with Crippen LogP contribution in [0.3, 0.4) is 0 Å². The van der Waals surface area contributed by atoms with E-state index in [-0.39, 0.29) is 0 Å². The van der Waals surface area contributed by atoms with Crippen molar-refractivity contribution >= 4 is 11.6 Å². The van der Waals surface area contributed by atoms with Gasteiger partial charge in [-0.1, -0.05) is 23.7 Å². The van der Waals surface area contributed by atoms with E-state index in [4.69, 9.17) is 16.3 Å². The maximum Gasteiger partial charge on any atom is 0.0468 e. The Morgan fingerprint density at radius 1 is 1.18 bits per heavy atom. The quantitative estimate of drug-likeness (QED) is 0.847. The summed E-state index contributed by atoms with van der Waals surface area (Å²) in [6.45, 7) is 7.67. The molecule has 0 amide bonds. The van der Waals surface area contributed by atoms with Crippen LogP contribution in [0.4, 0.5) is 0 Å². The third-order valence-electron chi connectivity index (χ3n) is 5.16. The van der Waals surface area contributed by atoms with Gasteiger partial charge in [0.15, 0.2) is 0 Å².